The van der Waals surface area contributed by atoms with Gasteiger partial charge in [0.05, 0.1) is 0 Å². The van der Waals surface area contributed by atoms with E-state index >= 15 is 0 Å². The molecule has 0 fully saturated rings. The maximum Gasteiger partial charge on any atom is 0.251 e. The summed E-state index contributed by atoms with van der Waals surface area (Å²) in [5, 5.41) is 2.90. The van der Waals surface area contributed by atoms with Crippen LogP contribution < -0.4 is 5.32 Å². The quantitative estimate of drug-likeness (QED) is 0.652. The van der Waals surface area contributed by atoms with E-state index in [1.165, 1.54) is 5.57 Å². The standard InChI is InChI=1S/C18H23NO.C4H10/c1-14(2)6-5-7-15(3)12-13-19-18(20)17-10-8-16(4)9-11-17;1-4(2)3/h5-11H,3,12-13H2,1-2,4H3,(H,19,20);4H,1-3H3/b7-5-;. The normalized spacial score (nSPS) is 10.1. The lowest BCUT2D eigenvalue weighted by atomic mass is 10.1. The van der Waals surface area contributed by atoms with Crippen LogP contribution >= 0.6 is 0 Å². The van der Waals surface area contributed by atoms with Crippen LogP contribution in [0.2, 0.25) is 0 Å². The molecule has 0 saturated heterocycles. The van der Waals surface area contributed by atoms with Gasteiger partial charge in [-0.05, 0) is 45.2 Å². The predicted octanol–water partition coefficient (Wildman–Crippen LogP) is 5.86. The monoisotopic (exact) mass is 327 g/mol. The Kier molecular flexibility index (Phi) is 11.3. The van der Waals surface area contributed by atoms with Crippen LogP contribution in [0.4, 0.5) is 0 Å². The van der Waals surface area contributed by atoms with Gasteiger partial charge in [0.15, 0.2) is 0 Å². The van der Waals surface area contributed by atoms with Crippen LogP contribution in [-0.4, -0.2) is 12.5 Å². The van der Waals surface area contributed by atoms with Crippen molar-refractivity contribution in [1.82, 2.24) is 5.32 Å². The Hall–Kier alpha value is -2.09. The van der Waals surface area contributed by atoms with Gasteiger partial charge in [-0.3, -0.25) is 4.79 Å². The fraction of sp³-hybridized carbons (Fsp3) is 0.409. The molecular formula is C22H33NO. The van der Waals surface area contributed by atoms with Crippen LogP contribution in [0.5, 0.6) is 0 Å². The highest BCUT2D eigenvalue weighted by atomic mass is 16.1. The first-order valence-corrected chi connectivity index (χ1v) is 8.56. The van der Waals surface area contributed by atoms with Crippen LogP contribution in [-0.2, 0) is 0 Å². The van der Waals surface area contributed by atoms with Crippen LogP contribution in [0.3, 0.4) is 0 Å². The van der Waals surface area contributed by atoms with Gasteiger partial charge in [-0.1, -0.05) is 74.4 Å². The molecule has 0 unspecified atom stereocenters. The molecule has 0 heterocycles. The maximum atomic E-state index is 11.9. The molecule has 0 spiro atoms. The number of hydrogen-bond donors (Lipinski definition) is 1. The van der Waals surface area contributed by atoms with Crippen molar-refractivity contribution in [3.63, 3.8) is 0 Å². The van der Waals surface area contributed by atoms with Gasteiger partial charge in [-0.2, -0.15) is 0 Å². The lowest BCUT2D eigenvalue weighted by Gasteiger charge is -2.05. The van der Waals surface area contributed by atoms with Crippen molar-refractivity contribution in [2.45, 2.75) is 48.0 Å². The van der Waals surface area contributed by atoms with Gasteiger partial charge in [0.25, 0.3) is 5.91 Å². The molecule has 1 N–H and O–H groups in total. The maximum absolute atomic E-state index is 11.9. The van der Waals surface area contributed by atoms with Crippen molar-refractivity contribution >= 4 is 5.91 Å². The summed E-state index contributed by atoms with van der Waals surface area (Å²) < 4.78 is 0. The first-order chi connectivity index (χ1) is 11.2. The summed E-state index contributed by atoms with van der Waals surface area (Å²) in [6.45, 7) is 17.2. The van der Waals surface area contributed by atoms with E-state index in [0.717, 1.165) is 23.5 Å². The lowest BCUT2D eigenvalue weighted by molar-refractivity contribution is 0.0954. The third kappa shape index (κ3) is 12.5. The van der Waals surface area contributed by atoms with E-state index in [-0.39, 0.29) is 5.91 Å². The number of carbonyl (C=O) groups is 1. The fourth-order valence-corrected chi connectivity index (χ4v) is 1.60. The highest BCUT2D eigenvalue weighted by Gasteiger charge is 2.03. The van der Waals surface area contributed by atoms with Crippen LogP contribution in [0.1, 0.15) is 57.0 Å². The summed E-state index contributed by atoms with van der Waals surface area (Å²) in [6, 6.07) is 7.56. The van der Waals surface area contributed by atoms with E-state index in [2.05, 4.69) is 46.5 Å². The largest absolute Gasteiger partial charge is 0.352 e. The topological polar surface area (TPSA) is 29.1 Å². The molecule has 1 aromatic rings. The number of hydrogen-bond acceptors (Lipinski definition) is 1. The Morgan fingerprint density at radius 1 is 1.17 bits per heavy atom. The second-order valence-electron chi connectivity index (χ2n) is 6.87. The molecule has 132 valence electrons. The summed E-state index contributed by atoms with van der Waals surface area (Å²) in [4.78, 5) is 11.9. The highest BCUT2D eigenvalue weighted by Crippen LogP contribution is 2.04. The summed E-state index contributed by atoms with van der Waals surface area (Å²) in [5.74, 6) is 0.797. The molecular weight excluding hydrogens is 294 g/mol. The zero-order chi connectivity index (χ0) is 18.5. The first-order valence-electron chi connectivity index (χ1n) is 8.56. The van der Waals surface area contributed by atoms with E-state index in [1.807, 2.05) is 49.4 Å². The summed E-state index contributed by atoms with van der Waals surface area (Å²) >= 11 is 0. The molecule has 1 amide bonds. The first kappa shape index (κ1) is 21.9. The average Bonchev–Trinajstić information content (AvgIpc) is 2.46. The smallest absolute Gasteiger partial charge is 0.251 e. The van der Waals surface area contributed by atoms with Crippen molar-refractivity contribution < 1.29 is 4.79 Å². The number of rotatable bonds is 6. The second kappa shape index (κ2) is 12.3. The summed E-state index contributed by atoms with van der Waals surface area (Å²) in [6.07, 6.45) is 6.76. The number of aryl methyl sites for hydroxylation is 1. The average molecular weight is 328 g/mol. The van der Waals surface area contributed by atoms with Gasteiger partial charge < -0.3 is 5.32 Å². The Bertz CT molecular complexity index is 555. The third-order valence-electron chi connectivity index (χ3n) is 2.81. The highest BCUT2D eigenvalue weighted by molar-refractivity contribution is 5.94. The molecule has 0 saturated carbocycles. The van der Waals surface area contributed by atoms with Gasteiger partial charge in [-0.25, -0.2) is 0 Å². The van der Waals surface area contributed by atoms with Crippen molar-refractivity contribution in [1.29, 1.82) is 0 Å². The Balaban J connectivity index is 0.00000118. The Morgan fingerprint density at radius 2 is 1.71 bits per heavy atom. The number of carbonyl (C=O) groups excluding carboxylic acids is 1. The van der Waals surface area contributed by atoms with Crippen molar-refractivity contribution in [2.24, 2.45) is 5.92 Å². The lowest BCUT2D eigenvalue weighted by Crippen LogP contribution is -2.24. The molecule has 2 nitrogen and oxygen atoms in total. The number of allylic oxidation sites excluding steroid dienone is 4. The molecule has 0 aliphatic heterocycles. The van der Waals surface area contributed by atoms with E-state index in [4.69, 9.17) is 0 Å². The molecule has 0 bridgehead atoms. The van der Waals surface area contributed by atoms with E-state index < -0.39 is 0 Å². The molecule has 0 aliphatic carbocycles. The minimum atomic E-state index is -0.0360. The van der Waals surface area contributed by atoms with Crippen molar-refractivity contribution in [3.05, 3.63) is 71.3 Å². The third-order valence-corrected chi connectivity index (χ3v) is 2.81. The fourth-order valence-electron chi connectivity index (χ4n) is 1.60. The Morgan fingerprint density at radius 3 is 2.21 bits per heavy atom. The van der Waals surface area contributed by atoms with Gasteiger partial charge in [0.2, 0.25) is 0 Å². The molecule has 2 heteroatoms. The predicted molar refractivity (Wildman–Crippen MR) is 106 cm³/mol. The van der Waals surface area contributed by atoms with E-state index in [9.17, 15) is 4.79 Å². The molecule has 0 atom stereocenters. The van der Waals surface area contributed by atoms with Gasteiger partial charge in [0.1, 0.15) is 0 Å². The zero-order valence-corrected chi connectivity index (χ0v) is 16.1. The molecule has 0 aromatic heterocycles. The minimum Gasteiger partial charge on any atom is -0.352 e. The number of benzene rings is 1. The van der Waals surface area contributed by atoms with Gasteiger partial charge in [-0.15, -0.1) is 0 Å². The van der Waals surface area contributed by atoms with E-state index in [1.54, 1.807) is 0 Å². The minimum absolute atomic E-state index is 0.0360. The Labute approximate surface area is 148 Å². The molecule has 0 radical (unpaired) electrons. The van der Waals surface area contributed by atoms with Crippen molar-refractivity contribution in [2.75, 3.05) is 6.54 Å². The van der Waals surface area contributed by atoms with Crippen LogP contribution in [0, 0.1) is 12.8 Å². The van der Waals surface area contributed by atoms with Crippen LogP contribution in [0.15, 0.2) is 60.2 Å². The van der Waals surface area contributed by atoms with Crippen molar-refractivity contribution in [3.8, 4) is 0 Å². The zero-order valence-electron chi connectivity index (χ0n) is 16.1. The van der Waals surface area contributed by atoms with Gasteiger partial charge >= 0.3 is 0 Å². The molecule has 1 rings (SSSR count). The second-order valence-corrected chi connectivity index (χ2v) is 6.87. The molecule has 0 aliphatic rings. The number of nitrogens with one attached hydrogen (secondary N) is 1. The van der Waals surface area contributed by atoms with E-state index in [0.29, 0.717) is 12.1 Å². The number of amides is 1. The van der Waals surface area contributed by atoms with Gasteiger partial charge in [0, 0.05) is 12.1 Å². The van der Waals surface area contributed by atoms with Crippen LogP contribution in [0.25, 0.3) is 0 Å². The SMILES string of the molecule is C=C(/C=C\C=C(C)C)CCNC(=O)c1ccc(C)cc1.CC(C)C. The summed E-state index contributed by atoms with van der Waals surface area (Å²) in [5.41, 5.74) is 4.11. The molecule has 24 heavy (non-hydrogen) atoms. The molecule has 1 aromatic carbocycles. The summed E-state index contributed by atoms with van der Waals surface area (Å²) in [7, 11) is 0.